The summed E-state index contributed by atoms with van der Waals surface area (Å²) >= 11 is 0. The molecule has 0 aliphatic carbocycles. The number of halogens is 1. The number of piperidine rings is 1. The van der Waals surface area contributed by atoms with Crippen LogP contribution in [0.15, 0.2) is 48.5 Å². The van der Waals surface area contributed by atoms with Gasteiger partial charge in [-0.3, -0.25) is 9.59 Å². The quantitative estimate of drug-likeness (QED) is 0.881. The lowest BCUT2D eigenvalue weighted by molar-refractivity contribution is -0.121. The molecule has 2 amide bonds. The second-order valence-corrected chi connectivity index (χ2v) is 6.67. The van der Waals surface area contributed by atoms with Crippen molar-refractivity contribution in [3.05, 3.63) is 65.5 Å². The van der Waals surface area contributed by atoms with Crippen molar-refractivity contribution in [2.75, 3.05) is 20.2 Å². The number of hydrogen-bond donors (Lipinski definition) is 1. The van der Waals surface area contributed by atoms with Gasteiger partial charge in [-0.15, -0.1) is 0 Å². The molecule has 1 aliphatic rings. The highest BCUT2D eigenvalue weighted by Gasteiger charge is 2.24. The molecule has 2 aromatic carbocycles. The highest BCUT2D eigenvalue weighted by atomic mass is 19.1. The van der Waals surface area contributed by atoms with E-state index in [1.54, 1.807) is 18.1 Å². The molecule has 1 fully saturated rings. The summed E-state index contributed by atoms with van der Waals surface area (Å²) in [5.41, 5.74) is 1.28. The van der Waals surface area contributed by atoms with Gasteiger partial charge in [0, 0.05) is 24.7 Å². The van der Waals surface area contributed by atoms with Gasteiger partial charge in [0.2, 0.25) is 5.91 Å². The molecule has 1 aliphatic heterocycles. The first-order valence-electron chi connectivity index (χ1n) is 9.02. The van der Waals surface area contributed by atoms with Crippen LogP contribution in [0.3, 0.4) is 0 Å². The predicted octanol–water partition coefficient (Wildman–Crippen LogP) is 2.80. The van der Waals surface area contributed by atoms with Crippen LogP contribution in [0.4, 0.5) is 4.39 Å². The molecular weight excluding hydrogens is 347 g/mol. The van der Waals surface area contributed by atoms with Gasteiger partial charge in [0.05, 0.1) is 13.5 Å². The number of hydrogen-bond acceptors (Lipinski definition) is 3. The molecule has 0 atom stereocenters. The molecular formula is C21H23FN2O3. The Kier molecular flexibility index (Phi) is 6.06. The van der Waals surface area contributed by atoms with Crippen LogP contribution in [-0.4, -0.2) is 43.0 Å². The van der Waals surface area contributed by atoms with Gasteiger partial charge >= 0.3 is 0 Å². The van der Waals surface area contributed by atoms with Crippen LogP contribution in [0.2, 0.25) is 0 Å². The Hall–Kier alpha value is -2.89. The number of rotatable bonds is 5. The second kappa shape index (κ2) is 8.66. The first kappa shape index (κ1) is 18.9. The zero-order valence-corrected chi connectivity index (χ0v) is 15.3. The Labute approximate surface area is 158 Å². The Morgan fingerprint density at radius 2 is 1.85 bits per heavy atom. The normalized spacial score (nSPS) is 14.7. The zero-order chi connectivity index (χ0) is 19.2. The van der Waals surface area contributed by atoms with Gasteiger partial charge < -0.3 is 15.0 Å². The van der Waals surface area contributed by atoms with Crippen molar-refractivity contribution in [1.29, 1.82) is 0 Å². The maximum Gasteiger partial charge on any atom is 0.253 e. The maximum atomic E-state index is 13.3. The zero-order valence-electron chi connectivity index (χ0n) is 15.3. The smallest absolute Gasteiger partial charge is 0.253 e. The molecule has 0 saturated carbocycles. The Bertz CT molecular complexity index is 799. The summed E-state index contributed by atoms with van der Waals surface area (Å²) < 4.78 is 18.4. The molecule has 5 nitrogen and oxygen atoms in total. The number of carbonyl (C=O) groups excluding carboxylic acids is 2. The van der Waals surface area contributed by atoms with Crippen LogP contribution in [-0.2, 0) is 11.2 Å². The lowest BCUT2D eigenvalue weighted by atomic mass is 10.0. The molecule has 6 heteroatoms. The number of amides is 2. The molecule has 0 bridgehead atoms. The van der Waals surface area contributed by atoms with E-state index in [4.69, 9.17) is 4.74 Å². The van der Waals surface area contributed by atoms with E-state index in [0.717, 1.165) is 11.3 Å². The van der Waals surface area contributed by atoms with E-state index >= 15 is 0 Å². The molecule has 0 unspecified atom stereocenters. The number of likely N-dealkylation sites (tertiary alicyclic amines) is 1. The molecule has 0 spiro atoms. The minimum atomic E-state index is -0.415. The number of methoxy groups -OCH3 is 1. The summed E-state index contributed by atoms with van der Waals surface area (Å²) in [7, 11) is 1.60. The summed E-state index contributed by atoms with van der Waals surface area (Å²) in [6.45, 7) is 1.09. The minimum absolute atomic E-state index is 0.0323. The summed E-state index contributed by atoms with van der Waals surface area (Å²) in [4.78, 5) is 26.4. The topological polar surface area (TPSA) is 58.6 Å². The van der Waals surface area contributed by atoms with Crippen LogP contribution in [0.1, 0.15) is 28.8 Å². The van der Waals surface area contributed by atoms with Gasteiger partial charge in [-0.05, 0) is 48.7 Å². The van der Waals surface area contributed by atoms with Gasteiger partial charge in [-0.25, -0.2) is 4.39 Å². The van der Waals surface area contributed by atoms with Crippen molar-refractivity contribution < 1.29 is 18.7 Å². The molecule has 1 N–H and O–H groups in total. The average molecular weight is 370 g/mol. The highest BCUT2D eigenvalue weighted by Crippen LogP contribution is 2.16. The molecule has 2 aromatic rings. The van der Waals surface area contributed by atoms with E-state index in [2.05, 4.69) is 5.32 Å². The van der Waals surface area contributed by atoms with E-state index in [9.17, 15) is 14.0 Å². The van der Waals surface area contributed by atoms with Crippen LogP contribution in [0.25, 0.3) is 0 Å². The third-order valence-electron chi connectivity index (χ3n) is 4.74. The molecule has 0 aromatic heterocycles. The monoisotopic (exact) mass is 370 g/mol. The van der Waals surface area contributed by atoms with Crippen molar-refractivity contribution in [1.82, 2.24) is 10.2 Å². The minimum Gasteiger partial charge on any atom is -0.497 e. The van der Waals surface area contributed by atoms with Crippen molar-refractivity contribution in [2.24, 2.45) is 0 Å². The van der Waals surface area contributed by atoms with Gasteiger partial charge in [-0.2, -0.15) is 0 Å². The fraction of sp³-hybridized carbons (Fsp3) is 0.333. The number of nitrogens with zero attached hydrogens (tertiary/aromatic N) is 1. The van der Waals surface area contributed by atoms with E-state index < -0.39 is 5.82 Å². The summed E-state index contributed by atoms with van der Waals surface area (Å²) in [5.74, 6) is 0.142. The van der Waals surface area contributed by atoms with Crippen molar-refractivity contribution >= 4 is 11.8 Å². The van der Waals surface area contributed by atoms with Gasteiger partial charge in [0.1, 0.15) is 11.6 Å². The Balaban J connectivity index is 1.47. The fourth-order valence-corrected chi connectivity index (χ4v) is 3.24. The predicted molar refractivity (Wildman–Crippen MR) is 100 cm³/mol. The molecule has 1 saturated heterocycles. The van der Waals surface area contributed by atoms with Crippen LogP contribution in [0, 0.1) is 5.82 Å². The van der Waals surface area contributed by atoms with Gasteiger partial charge in [0.25, 0.3) is 5.91 Å². The molecule has 27 heavy (non-hydrogen) atoms. The first-order chi connectivity index (χ1) is 13.0. The van der Waals surface area contributed by atoms with Crippen molar-refractivity contribution in [3.8, 4) is 5.75 Å². The molecule has 3 rings (SSSR count). The maximum absolute atomic E-state index is 13.3. The van der Waals surface area contributed by atoms with E-state index in [1.165, 1.54) is 18.2 Å². The SMILES string of the molecule is COc1ccc(CC(=O)NC2CCN(C(=O)c3cccc(F)c3)CC2)cc1. The van der Waals surface area contributed by atoms with E-state index in [0.29, 0.717) is 37.9 Å². The summed E-state index contributed by atoms with van der Waals surface area (Å²) in [6, 6.07) is 13.2. The van der Waals surface area contributed by atoms with Crippen LogP contribution >= 0.6 is 0 Å². The number of carbonyl (C=O) groups is 2. The Morgan fingerprint density at radius 1 is 1.15 bits per heavy atom. The van der Waals surface area contributed by atoms with Crippen molar-refractivity contribution in [2.45, 2.75) is 25.3 Å². The van der Waals surface area contributed by atoms with Gasteiger partial charge in [0.15, 0.2) is 0 Å². The summed E-state index contributed by atoms with van der Waals surface area (Å²) in [6.07, 6.45) is 1.69. The lowest BCUT2D eigenvalue weighted by Gasteiger charge is -2.32. The summed E-state index contributed by atoms with van der Waals surface area (Å²) in [5, 5.41) is 3.04. The lowest BCUT2D eigenvalue weighted by Crippen LogP contribution is -2.46. The highest BCUT2D eigenvalue weighted by molar-refractivity contribution is 5.94. The fourth-order valence-electron chi connectivity index (χ4n) is 3.24. The molecule has 1 heterocycles. The first-order valence-corrected chi connectivity index (χ1v) is 9.02. The number of ether oxygens (including phenoxy) is 1. The van der Waals surface area contributed by atoms with Crippen LogP contribution in [0.5, 0.6) is 5.75 Å². The molecule has 0 radical (unpaired) electrons. The number of nitrogens with one attached hydrogen (secondary N) is 1. The largest absolute Gasteiger partial charge is 0.497 e. The van der Waals surface area contributed by atoms with E-state index in [-0.39, 0.29) is 17.9 Å². The van der Waals surface area contributed by atoms with E-state index in [1.807, 2.05) is 24.3 Å². The third-order valence-corrected chi connectivity index (χ3v) is 4.74. The third kappa shape index (κ3) is 5.06. The standard InChI is InChI=1S/C21H23FN2O3/c1-27-19-7-5-15(6-8-19)13-20(25)23-18-9-11-24(12-10-18)21(26)16-3-2-4-17(22)14-16/h2-8,14,18H,9-13H2,1H3,(H,23,25). The number of benzene rings is 2. The van der Waals surface area contributed by atoms with Crippen LogP contribution < -0.4 is 10.1 Å². The average Bonchev–Trinajstić information content (AvgIpc) is 2.68. The van der Waals surface area contributed by atoms with Crippen molar-refractivity contribution in [3.63, 3.8) is 0 Å². The van der Waals surface area contributed by atoms with Gasteiger partial charge in [-0.1, -0.05) is 18.2 Å². The Morgan fingerprint density at radius 3 is 2.48 bits per heavy atom. The second-order valence-electron chi connectivity index (χ2n) is 6.67. The molecule has 142 valence electrons.